The summed E-state index contributed by atoms with van der Waals surface area (Å²) in [5.74, 6) is 0.104. The Balaban J connectivity index is 1.64. The number of aromatic nitrogens is 2. The number of carbonyl (C=O) groups is 1. The molecule has 2 heterocycles. The number of aliphatic carboxylic acids is 1. The van der Waals surface area contributed by atoms with Crippen molar-refractivity contribution >= 4 is 65.9 Å². The highest BCUT2D eigenvalue weighted by Crippen LogP contribution is 2.34. The van der Waals surface area contributed by atoms with E-state index in [1.165, 1.54) is 17.8 Å². The summed E-state index contributed by atoms with van der Waals surface area (Å²) in [6.45, 7) is 3.56. The van der Waals surface area contributed by atoms with Gasteiger partial charge in [-0.2, -0.15) is 9.78 Å². The molecule has 1 atom stereocenters. The van der Waals surface area contributed by atoms with Crippen molar-refractivity contribution in [1.82, 2.24) is 9.66 Å². The molecule has 0 saturated carbocycles. The second-order valence-corrected chi connectivity index (χ2v) is 10.2. The number of benzene rings is 3. The van der Waals surface area contributed by atoms with Gasteiger partial charge in [-0.1, -0.05) is 28.1 Å². The highest BCUT2D eigenvalue weighted by molar-refractivity contribution is 9.10. The van der Waals surface area contributed by atoms with Gasteiger partial charge in [0.05, 0.1) is 23.7 Å². The molecule has 0 saturated heterocycles. The number of halogens is 2. The lowest BCUT2D eigenvalue weighted by molar-refractivity contribution is -0.144. The molecule has 198 valence electrons. The van der Waals surface area contributed by atoms with E-state index in [1.54, 1.807) is 37.3 Å². The molecule has 39 heavy (non-hydrogen) atoms. The molecular weight excluding hydrogens is 634 g/mol. The van der Waals surface area contributed by atoms with Crippen molar-refractivity contribution in [2.24, 2.45) is 5.10 Å². The maximum Gasteiger partial charge on any atom is 0.344 e. The number of furan rings is 1. The third-order valence-corrected chi connectivity index (χ3v) is 6.96. The quantitative estimate of drug-likeness (QED) is 0.191. The summed E-state index contributed by atoms with van der Waals surface area (Å²) in [6.07, 6.45) is 0.405. The molecular formula is C28H21Br2N3O6. The molecule has 11 heteroatoms. The van der Waals surface area contributed by atoms with Gasteiger partial charge in [0.2, 0.25) is 5.82 Å². The number of hydrogen-bond acceptors (Lipinski definition) is 7. The molecule has 5 rings (SSSR count). The van der Waals surface area contributed by atoms with E-state index in [0.29, 0.717) is 44.6 Å². The van der Waals surface area contributed by atoms with E-state index >= 15 is 0 Å². The first-order valence-electron chi connectivity index (χ1n) is 11.9. The number of hydrogen-bond donors (Lipinski definition) is 1. The van der Waals surface area contributed by atoms with Crippen molar-refractivity contribution in [3.05, 3.63) is 85.5 Å². The van der Waals surface area contributed by atoms with Crippen LogP contribution in [0.25, 0.3) is 33.5 Å². The van der Waals surface area contributed by atoms with Crippen LogP contribution in [0.4, 0.5) is 0 Å². The first-order chi connectivity index (χ1) is 18.7. The average molecular weight is 655 g/mol. The van der Waals surface area contributed by atoms with Crippen molar-refractivity contribution in [3.8, 4) is 23.1 Å². The van der Waals surface area contributed by atoms with E-state index in [4.69, 9.17) is 18.9 Å². The Bertz CT molecular complexity index is 1810. The second-order valence-electron chi connectivity index (χ2n) is 8.46. The Kier molecular flexibility index (Phi) is 7.53. The zero-order valence-electron chi connectivity index (χ0n) is 20.7. The summed E-state index contributed by atoms with van der Waals surface area (Å²) in [4.78, 5) is 29.5. The standard InChI is InChI=1S/C28H21Br2N3O6/c1-3-37-23-12-17(20(30)13-24(23)38-15(2)28(35)36)14-31-33-26(32-21-7-5-4-6-19(21)27(33)34)25-11-16-10-18(29)8-9-22(16)39-25/h4-15H,3H2,1-2H3,(H,35,36)/t15-/m0/s1. The minimum atomic E-state index is -1.10. The van der Waals surface area contributed by atoms with E-state index in [-0.39, 0.29) is 17.1 Å². The van der Waals surface area contributed by atoms with Gasteiger partial charge in [0.15, 0.2) is 23.4 Å². The van der Waals surface area contributed by atoms with Crippen LogP contribution in [0.15, 0.2) is 83.9 Å². The largest absolute Gasteiger partial charge is 0.490 e. The summed E-state index contributed by atoms with van der Waals surface area (Å²) in [6, 6.07) is 17.7. The molecule has 9 nitrogen and oxygen atoms in total. The lowest BCUT2D eigenvalue weighted by Gasteiger charge is -2.16. The number of carboxylic acid groups (broad SMARTS) is 1. The summed E-state index contributed by atoms with van der Waals surface area (Å²) in [5, 5.41) is 15.0. The number of ether oxygens (including phenoxy) is 2. The first-order valence-corrected chi connectivity index (χ1v) is 13.4. The van der Waals surface area contributed by atoms with Crippen molar-refractivity contribution < 1.29 is 23.8 Å². The fourth-order valence-corrected chi connectivity index (χ4v) is 4.69. The SMILES string of the molecule is CCOc1cc(C=Nn2c(-c3cc4cc(Br)ccc4o3)nc3ccccc3c2=O)c(Br)cc1O[C@@H](C)C(=O)O. The maximum absolute atomic E-state index is 13.6. The molecule has 0 unspecified atom stereocenters. The zero-order chi connectivity index (χ0) is 27.7. The summed E-state index contributed by atoms with van der Waals surface area (Å²) < 4.78 is 19.9. The van der Waals surface area contributed by atoms with Gasteiger partial charge >= 0.3 is 5.97 Å². The molecule has 5 aromatic rings. The van der Waals surface area contributed by atoms with E-state index in [0.717, 1.165) is 9.86 Å². The second kappa shape index (κ2) is 11.0. The molecule has 0 spiro atoms. The third kappa shape index (κ3) is 5.45. The summed E-state index contributed by atoms with van der Waals surface area (Å²) in [5.41, 5.74) is 1.35. The number of nitrogens with zero attached hydrogens (tertiary/aromatic N) is 3. The minimum Gasteiger partial charge on any atom is -0.490 e. The molecule has 1 N–H and O–H groups in total. The van der Waals surface area contributed by atoms with Crippen LogP contribution in [-0.4, -0.2) is 39.7 Å². The van der Waals surface area contributed by atoms with Gasteiger partial charge in [-0.15, -0.1) is 0 Å². The van der Waals surface area contributed by atoms with E-state index < -0.39 is 12.1 Å². The Morgan fingerprint density at radius 2 is 1.95 bits per heavy atom. The Labute approximate surface area is 238 Å². The predicted molar refractivity (Wildman–Crippen MR) is 155 cm³/mol. The topological polar surface area (TPSA) is 116 Å². The molecule has 3 aromatic carbocycles. The highest BCUT2D eigenvalue weighted by Gasteiger charge is 2.19. The van der Waals surface area contributed by atoms with Crippen LogP contribution >= 0.6 is 31.9 Å². The fourth-order valence-electron chi connectivity index (χ4n) is 3.89. The molecule has 0 amide bonds. The fraction of sp³-hybridized carbons (Fsp3) is 0.143. The smallest absolute Gasteiger partial charge is 0.344 e. The lowest BCUT2D eigenvalue weighted by atomic mass is 10.2. The Hall–Kier alpha value is -3.96. The molecule has 0 aliphatic heterocycles. The molecule has 2 aromatic heterocycles. The number of carboxylic acids is 1. The van der Waals surface area contributed by atoms with Crippen LogP contribution in [0, 0.1) is 0 Å². The van der Waals surface area contributed by atoms with Crippen molar-refractivity contribution in [1.29, 1.82) is 0 Å². The van der Waals surface area contributed by atoms with Crippen LogP contribution in [0.2, 0.25) is 0 Å². The highest BCUT2D eigenvalue weighted by atomic mass is 79.9. The van der Waals surface area contributed by atoms with Crippen LogP contribution in [0.3, 0.4) is 0 Å². The zero-order valence-corrected chi connectivity index (χ0v) is 23.9. The minimum absolute atomic E-state index is 0.235. The lowest BCUT2D eigenvalue weighted by Crippen LogP contribution is -2.23. The monoisotopic (exact) mass is 653 g/mol. The maximum atomic E-state index is 13.6. The molecule has 0 aliphatic rings. The van der Waals surface area contributed by atoms with Crippen molar-refractivity contribution in [2.75, 3.05) is 6.61 Å². The van der Waals surface area contributed by atoms with Crippen LogP contribution in [0.1, 0.15) is 19.4 Å². The first kappa shape index (κ1) is 26.6. The average Bonchev–Trinajstić information content (AvgIpc) is 3.33. The van der Waals surface area contributed by atoms with Gasteiger partial charge in [0.25, 0.3) is 5.56 Å². The molecule has 0 bridgehead atoms. The number of rotatable bonds is 8. The van der Waals surface area contributed by atoms with Crippen LogP contribution < -0.4 is 15.0 Å². The van der Waals surface area contributed by atoms with Crippen LogP contribution in [-0.2, 0) is 4.79 Å². The van der Waals surface area contributed by atoms with Gasteiger partial charge in [-0.05, 0) is 78.3 Å². The van der Waals surface area contributed by atoms with E-state index in [1.807, 2.05) is 30.3 Å². The van der Waals surface area contributed by atoms with Crippen LogP contribution in [0.5, 0.6) is 11.5 Å². The number of para-hydroxylation sites is 1. The Morgan fingerprint density at radius 3 is 2.72 bits per heavy atom. The Morgan fingerprint density at radius 1 is 1.15 bits per heavy atom. The van der Waals surface area contributed by atoms with Crippen molar-refractivity contribution in [2.45, 2.75) is 20.0 Å². The molecule has 0 aliphatic carbocycles. The van der Waals surface area contributed by atoms with E-state index in [2.05, 4.69) is 37.0 Å². The molecule has 0 radical (unpaired) electrons. The number of fused-ring (bicyclic) bond motifs is 2. The van der Waals surface area contributed by atoms with Crippen molar-refractivity contribution in [3.63, 3.8) is 0 Å². The predicted octanol–water partition coefficient (Wildman–Crippen LogP) is 6.47. The molecule has 0 fully saturated rings. The third-order valence-electron chi connectivity index (χ3n) is 5.78. The summed E-state index contributed by atoms with van der Waals surface area (Å²) in [7, 11) is 0. The van der Waals surface area contributed by atoms with Gasteiger partial charge in [0.1, 0.15) is 5.58 Å². The van der Waals surface area contributed by atoms with Gasteiger partial charge in [-0.3, -0.25) is 4.79 Å². The van der Waals surface area contributed by atoms with Gasteiger partial charge < -0.3 is 19.0 Å². The van der Waals surface area contributed by atoms with E-state index in [9.17, 15) is 14.7 Å². The summed E-state index contributed by atoms with van der Waals surface area (Å²) >= 11 is 6.95. The van der Waals surface area contributed by atoms with Gasteiger partial charge in [0, 0.05) is 19.9 Å². The normalized spacial score (nSPS) is 12.3. The van der Waals surface area contributed by atoms with Gasteiger partial charge in [-0.25, -0.2) is 9.78 Å².